The number of aliphatic carboxylic acids is 1. The molecule has 2 aromatic rings. The van der Waals surface area contributed by atoms with E-state index >= 15 is 0 Å². The Morgan fingerprint density at radius 2 is 0.950 bits per heavy atom. The largest absolute Gasteiger partial charge is 0.480 e. The Bertz CT molecular complexity index is 2510. The molecule has 0 unspecified atom stereocenters. The molecule has 1 fully saturated rings. The van der Waals surface area contributed by atoms with Crippen LogP contribution in [0, 0.1) is 0 Å². The Balaban J connectivity index is 1.91. The first-order valence-electron chi connectivity index (χ1n) is 26.2. The van der Waals surface area contributed by atoms with Crippen molar-refractivity contribution in [1.82, 2.24) is 72.1 Å². The van der Waals surface area contributed by atoms with Gasteiger partial charge in [0, 0.05) is 38.7 Å². The molecular formula is C45H79N17O16P2. The molecule has 0 bridgehead atoms. The smallest absolute Gasteiger partial charge is 0.327 e. The summed E-state index contributed by atoms with van der Waals surface area (Å²) in [7, 11) is -8.91. The number of carbonyl (C=O) groups is 9. The van der Waals surface area contributed by atoms with Crippen LogP contribution in [0.5, 0.6) is 0 Å². The summed E-state index contributed by atoms with van der Waals surface area (Å²) in [5.74, 6) is -7.76. The Hall–Kier alpha value is -6.31. The quantitative estimate of drug-likeness (QED) is 0.0222. The van der Waals surface area contributed by atoms with Gasteiger partial charge in [-0.05, 0) is 104 Å². The molecule has 18 N–H and O–H groups in total. The second kappa shape index (κ2) is 33.4. The lowest BCUT2D eigenvalue weighted by molar-refractivity contribution is -0.142. The van der Waals surface area contributed by atoms with Crippen molar-refractivity contribution in [2.24, 2.45) is 17.2 Å². The molecule has 8 amide bonds. The minimum atomic E-state index is -4.46. The van der Waals surface area contributed by atoms with Crippen LogP contribution in [-0.2, 0) is 78.2 Å². The van der Waals surface area contributed by atoms with Gasteiger partial charge in [-0.2, -0.15) is 0 Å². The minimum Gasteiger partial charge on any atom is -0.480 e. The number of nitrogens with zero attached hydrogens (tertiary/aromatic N) is 7. The van der Waals surface area contributed by atoms with Crippen LogP contribution in [0.1, 0.15) is 103 Å². The number of nitrogens with one attached hydrogen (secondary N) is 7. The van der Waals surface area contributed by atoms with Crippen LogP contribution in [0.3, 0.4) is 0 Å². The molecule has 0 spiro atoms. The summed E-state index contributed by atoms with van der Waals surface area (Å²) in [5, 5.41) is 43.1. The number of rotatable bonds is 37. The molecule has 0 aromatic carbocycles. The van der Waals surface area contributed by atoms with Gasteiger partial charge in [0.2, 0.25) is 47.3 Å². The fourth-order valence-corrected chi connectivity index (χ4v) is 9.17. The zero-order valence-corrected chi connectivity index (χ0v) is 46.9. The number of hydrogen-bond acceptors (Lipinski definition) is 18. The van der Waals surface area contributed by atoms with E-state index < -0.39 is 136 Å². The lowest BCUT2D eigenvalue weighted by atomic mass is 10.0. The molecule has 3 rings (SSSR count). The number of hydrogen-bond donors (Lipinski definition) is 15. The van der Waals surface area contributed by atoms with Crippen molar-refractivity contribution in [2.75, 3.05) is 38.5 Å². The SMILES string of the molecule is CC(=O)N1CCC[C@H]1C(=O)N[C@@H](CCCCN)C(=O)N[C@@H](Cc1cn(CCP(=O)(O)O)nn1)C(=O)N[C@@H](C)C(=O)N[C@@H](CCCCN)C(=O)N[C@@H](Cc1cn(CCP(=O)(O)O)nn1)C(=O)N[C@@H](C)C(=O)N[C@@H](CCCCN)C(=O)O. The molecule has 33 nitrogen and oxygen atoms in total. The predicted molar refractivity (Wildman–Crippen MR) is 283 cm³/mol. The molecule has 8 atom stereocenters. The van der Waals surface area contributed by atoms with Gasteiger partial charge in [-0.15, -0.1) is 10.2 Å². The molecule has 0 saturated carbocycles. The second-order valence-electron chi connectivity index (χ2n) is 19.5. The van der Waals surface area contributed by atoms with E-state index in [-0.39, 0.29) is 69.2 Å². The average Bonchev–Trinajstić information content (AvgIpc) is 4.18. The monoisotopic (exact) mass is 1180 g/mol. The van der Waals surface area contributed by atoms with E-state index in [1.54, 1.807) is 0 Å². The van der Waals surface area contributed by atoms with Gasteiger partial charge in [0.1, 0.15) is 48.3 Å². The molecule has 0 radical (unpaired) electrons. The van der Waals surface area contributed by atoms with E-state index in [2.05, 4.69) is 57.8 Å². The fourth-order valence-electron chi connectivity index (χ4n) is 8.24. The van der Waals surface area contributed by atoms with Crippen molar-refractivity contribution in [1.29, 1.82) is 0 Å². The van der Waals surface area contributed by atoms with Crippen molar-refractivity contribution < 1.29 is 77.0 Å². The van der Waals surface area contributed by atoms with Crippen LogP contribution >= 0.6 is 15.2 Å². The van der Waals surface area contributed by atoms with E-state index in [9.17, 15) is 77.0 Å². The van der Waals surface area contributed by atoms with E-state index in [4.69, 9.17) is 17.2 Å². The topological polar surface area (TPSA) is 516 Å². The third-order valence-electron chi connectivity index (χ3n) is 12.7. The maximum absolute atomic E-state index is 14.2. The van der Waals surface area contributed by atoms with Gasteiger partial charge in [-0.1, -0.05) is 10.4 Å². The van der Waals surface area contributed by atoms with Gasteiger partial charge in [0.05, 0.1) is 36.8 Å². The number of aryl methyl sites for hydroxylation is 2. The minimum absolute atomic E-state index is 0.0437. The van der Waals surface area contributed by atoms with Gasteiger partial charge in [-0.25, -0.2) is 4.79 Å². The summed E-state index contributed by atoms with van der Waals surface area (Å²) in [5.41, 5.74) is 17.1. The van der Waals surface area contributed by atoms with Crippen molar-refractivity contribution >= 4 is 68.4 Å². The number of carboxylic acid groups (broad SMARTS) is 1. The van der Waals surface area contributed by atoms with Crippen LogP contribution < -0.4 is 54.4 Å². The molecule has 35 heteroatoms. The van der Waals surface area contributed by atoms with Gasteiger partial charge in [0.25, 0.3) is 0 Å². The third-order valence-corrected chi connectivity index (χ3v) is 14.3. The molecule has 1 aliphatic rings. The lowest BCUT2D eigenvalue weighted by Gasteiger charge is -2.27. The molecule has 1 saturated heterocycles. The number of aromatic nitrogens is 6. The molecule has 2 aromatic heterocycles. The average molecular weight is 1180 g/mol. The number of nitrogens with two attached hydrogens (primary N) is 3. The number of carboxylic acids is 1. The van der Waals surface area contributed by atoms with Gasteiger partial charge in [-0.3, -0.25) is 56.8 Å². The van der Waals surface area contributed by atoms with E-state index in [0.29, 0.717) is 58.0 Å². The molecule has 450 valence electrons. The first kappa shape index (κ1) is 68.0. The van der Waals surface area contributed by atoms with Crippen molar-refractivity contribution in [3.8, 4) is 0 Å². The maximum Gasteiger partial charge on any atom is 0.327 e. The van der Waals surface area contributed by atoms with Crippen LogP contribution in [0.2, 0.25) is 0 Å². The van der Waals surface area contributed by atoms with Crippen LogP contribution in [0.15, 0.2) is 12.4 Å². The van der Waals surface area contributed by atoms with Crippen LogP contribution in [0.4, 0.5) is 0 Å². The zero-order chi connectivity index (χ0) is 59.7. The van der Waals surface area contributed by atoms with Crippen molar-refractivity contribution in [3.05, 3.63) is 23.8 Å². The first-order chi connectivity index (χ1) is 37.6. The molecule has 80 heavy (non-hydrogen) atoms. The number of amides is 8. The zero-order valence-electron chi connectivity index (χ0n) is 45.1. The summed E-state index contributed by atoms with van der Waals surface area (Å²) in [6.07, 6.45) is 3.83. The summed E-state index contributed by atoms with van der Waals surface area (Å²) in [6.45, 7) is 4.41. The molecular weight excluding hydrogens is 1100 g/mol. The predicted octanol–water partition coefficient (Wildman–Crippen LogP) is -5.07. The highest BCUT2D eigenvalue weighted by molar-refractivity contribution is 7.52. The third kappa shape index (κ3) is 24.6. The van der Waals surface area contributed by atoms with Gasteiger partial charge >= 0.3 is 21.2 Å². The Morgan fingerprint density at radius 3 is 1.34 bits per heavy atom. The number of likely N-dealkylation sites (tertiary alicyclic amines) is 1. The van der Waals surface area contributed by atoms with Gasteiger partial charge < -0.3 is 84.0 Å². The first-order valence-corrected chi connectivity index (χ1v) is 29.8. The summed E-state index contributed by atoms with van der Waals surface area (Å²) >= 11 is 0. The normalized spacial score (nSPS) is 16.2. The van der Waals surface area contributed by atoms with Crippen LogP contribution in [0.25, 0.3) is 0 Å². The molecule has 3 heterocycles. The number of unbranched alkanes of at least 4 members (excludes halogenated alkanes) is 3. The highest BCUT2D eigenvalue weighted by Crippen LogP contribution is 2.34. The maximum atomic E-state index is 14.2. The lowest BCUT2D eigenvalue weighted by Crippen LogP contribution is -2.60. The molecule has 1 aliphatic heterocycles. The fraction of sp³-hybridized carbons (Fsp3) is 0.711. The summed E-state index contributed by atoms with van der Waals surface area (Å²) < 4.78 is 25.3. The second-order valence-corrected chi connectivity index (χ2v) is 23.0. The summed E-state index contributed by atoms with van der Waals surface area (Å²) in [4.78, 5) is 160. The Labute approximate surface area is 461 Å². The van der Waals surface area contributed by atoms with Gasteiger partial charge in [0.15, 0.2) is 0 Å². The van der Waals surface area contributed by atoms with E-state index in [0.717, 1.165) is 9.36 Å². The van der Waals surface area contributed by atoms with E-state index in [1.165, 1.54) is 38.1 Å². The molecule has 0 aliphatic carbocycles. The van der Waals surface area contributed by atoms with E-state index in [1.807, 2.05) is 0 Å². The number of carbonyl (C=O) groups excluding carboxylic acids is 8. The highest BCUT2D eigenvalue weighted by atomic mass is 31.2. The van der Waals surface area contributed by atoms with Crippen LogP contribution in [-0.4, -0.2) is 200 Å². The Morgan fingerprint density at radius 1 is 0.575 bits per heavy atom. The highest BCUT2D eigenvalue weighted by Gasteiger charge is 2.37. The van der Waals surface area contributed by atoms with Crippen molar-refractivity contribution in [3.63, 3.8) is 0 Å². The van der Waals surface area contributed by atoms with Crippen molar-refractivity contribution in [2.45, 2.75) is 166 Å². The summed E-state index contributed by atoms with van der Waals surface area (Å²) in [6, 6.07) is -10.8. The standard InChI is InChI=1S/C45H79N17O16P2/c1-27(49-42(68)36(24-31-26-61(59-57-31)20-22-80(76,77)78)55-41(67)33(12-5-8-16-47)52-44(70)37-14-10-18-62(37)29(3)63)38(64)51-32(11-4-7-15-46)40(66)54-35(23-30-25-60(58-56-30)19-21-79(73,74)75)43(69)50-28(2)39(65)53-34(45(71)72)13-6-9-17-48/h25-28,32-37H,4-24,46-48H2,1-3H3,(H,49,68)(H,50,69)(H,51,64)(H,52,70)(H,53,65)(H,54,66)(H,55,67)(H,71,72)(H2,73,74,75)(H2,76,77,78)/t27-,28-,32-,33-,34-,35-,36-,37-/m0/s1. The Kier molecular flexibility index (Phi) is 28.4.